The zero-order valence-corrected chi connectivity index (χ0v) is 8.88. The summed E-state index contributed by atoms with van der Waals surface area (Å²) in [5.41, 5.74) is 4.53. The average molecular weight is 187 g/mol. The number of rotatable bonds is 2. The minimum absolute atomic E-state index is 0.597. The third-order valence-electron chi connectivity index (χ3n) is 1.94. The molecule has 0 amide bonds. The van der Waals surface area contributed by atoms with E-state index in [2.05, 4.69) is 0 Å². The molecule has 1 rings (SSSR count). The molecule has 3 heteroatoms. The molecule has 0 spiro atoms. The lowest BCUT2D eigenvalue weighted by molar-refractivity contribution is -0.111. The van der Waals surface area contributed by atoms with E-state index in [-0.39, 0.29) is 0 Å². The van der Waals surface area contributed by atoms with E-state index in [0.29, 0.717) is 12.4 Å². The lowest BCUT2D eigenvalue weighted by Gasteiger charge is -2.04. The van der Waals surface area contributed by atoms with Gasteiger partial charge in [0.25, 0.3) is 0 Å². The topological polar surface area (TPSA) is 52.3 Å². The Labute approximate surface area is 80.6 Å². The summed E-state index contributed by atoms with van der Waals surface area (Å²) in [6.07, 6.45) is 6.64. The molecule has 1 aliphatic rings. The standard InChI is InChI=1S/C6H12O.C4H9NO/c1-7-6-4-2-3-5-6;1-4(2,5)3-6/h6H,2-5H2,1H3;3H,5H2,1-2H3. The quantitative estimate of drug-likeness (QED) is 0.666. The van der Waals surface area contributed by atoms with Crippen LogP contribution in [0.1, 0.15) is 39.5 Å². The van der Waals surface area contributed by atoms with Gasteiger partial charge in [-0.05, 0) is 26.7 Å². The molecule has 0 bridgehead atoms. The molecular formula is C10H21NO2. The molecule has 0 aromatic rings. The molecule has 0 heterocycles. The average Bonchev–Trinajstić information content (AvgIpc) is 2.56. The van der Waals surface area contributed by atoms with Crippen molar-refractivity contribution in [3.8, 4) is 0 Å². The van der Waals surface area contributed by atoms with Gasteiger partial charge in [0.05, 0.1) is 11.6 Å². The van der Waals surface area contributed by atoms with Gasteiger partial charge in [0.1, 0.15) is 6.29 Å². The van der Waals surface area contributed by atoms with E-state index in [1.807, 2.05) is 0 Å². The van der Waals surface area contributed by atoms with Crippen LogP contribution in [0.15, 0.2) is 0 Å². The number of methoxy groups -OCH3 is 1. The molecule has 0 saturated heterocycles. The molecule has 13 heavy (non-hydrogen) atoms. The van der Waals surface area contributed by atoms with Crippen LogP contribution in [0.25, 0.3) is 0 Å². The van der Waals surface area contributed by atoms with Gasteiger partial charge < -0.3 is 15.3 Å². The zero-order chi connectivity index (χ0) is 10.3. The van der Waals surface area contributed by atoms with Gasteiger partial charge in [0, 0.05) is 7.11 Å². The Morgan fingerprint density at radius 2 is 1.77 bits per heavy atom. The Bertz CT molecular complexity index is 134. The van der Waals surface area contributed by atoms with E-state index in [4.69, 9.17) is 10.5 Å². The predicted molar refractivity (Wildman–Crippen MR) is 53.6 cm³/mol. The number of carbonyl (C=O) groups is 1. The molecule has 1 fully saturated rings. The second-order valence-electron chi connectivity index (χ2n) is 4.08. The monoisotopic (exact) mass is 187 g/mol. The smallest absolute Gasteiger partial charge is 0.139 e. The van der Waals surface area contributed by atoms with Crippen molar-refractivity contribution in [2.45, 2.75) is 51.2 Å². The van der Waals surface area contributed by atoms with Gasteiger partial charge in [-0.2, -0.15) is 0 Å². The highest BCUT2D eigenvalue weighted by Gasteiger charge is 2.12. The van der Waals surface area contributed by atoms with Crippen LogP contribution in [-0.4, -0.2) is 25.0 Å². The van der Waals surface area contributed by atoms with Gasteiger partial charge in [-0.15, -0.1) is 0 Å². The Hall–Kier alpha value is -0.410. The van der Waals surface area contributed by atoms with E-state index >= 15 is 0 Å². The molecule has 0 radical (unpaired) electrons. The molecule has 0 unspecified atom stereocenters. The third kappa shape index (κ3) is 7.94. The largest absolute Gasteiger partial charge is 0.381 e. The summed E-state index contributed by atoms with van der Waals surface area (Å²) < 4.78 is 5.11. The van der Waals surface area contributed by atoms with Gasteiger partial charge in [-0.25, -0.2) is 0 Å². The van der Waals surface area contributed by atoms with Crippen LogP contribution in [0.3, 0.4) is 0 Å². The van der Waals surface area contributed by atoms with E-state index in [0.717, 1.165) is 0 Å². The van der Waals surface area contributed by atoms with Crippen LogP contribution in [0.2, 0.25) is 0 Å². The lowest BCUT2D eigenvalue weighted by atomic mass is 10.1. The summed E-state index contributed by atoms with van der Waals surface area (Å²) in [4.78, 5) is 9.70. The molecule has 0 aliphatic heterocycles. The van der Waals surface area contributed by atoms with Crippen LogP contribution in [0, 0.1) is 0 Å². The Morgan fingerprint density at radius 1 is 1.38 bits per heavy atom. The van der Waals surface area contributed by atoms with Gasteiger partial charge in [0.15, 0.2) is 0 Å². The summed E-state index contributed by atoms with van der Waals surface area (Å²) in [7, 11) is 1.80. The van der Waals surface area contributed by atoms with Crippen molar-refractivity contribution in [1.82, 2.24) is 0 Å². The summed E-state index contributed by atoms with van der Waals surface area (Å²) in [5, 5.41) is 0. The fourth-order valence-corrected chi connectivity index (χ4v) is 1.12. The maximum Gasteiger partial charge on any atom is 0.139 e. The second-order valence-corrected chi connectivity index (χ2v) is 4.08. The molecule has 1 aliphatic carbocycles. The van der Waals surface area contributed by atoms with E-state index in [1.54, 1.807) is 21.0 Å². The Balaban J connectivity index is 0.000000226. The maximum absolute atomic E-state index is 9.70. The molecular weight excluding hydrogens is 166 g/mol. The van der Waals surface area contributed by atoms with Crippen LogP contribution in [-0.2, 0) is 9.53 Å². The molecule has 0 aromatic carbocycles. The Morgan fingerprint density at radius 3 is 1.92 bits per heavy atom. The number of hydrogen-bond donors (Lipinski definition) is 1. The number of aldehydes is 1. The van der Waals surface area contributed by atoms with Crippen molar-refractivity contribution < 1.29 is 9.53 Å². The van der Waals surface area contributed by atoms with Crippen molar-refractivity contribution >= 4 is 6.29 Å². The van der Waals surface area contributed by atoms with Gasteiger partial charge in [-0.3, -0.25) is 0 Å². The van der Waals surface area contributed by atoms with Crippen LogP contribution in [0.4, 0.5) is 0 Å². The molecule has 0 atom stereocenters. The third-order valence-corrected chi connectivity index (χ3v) is 1.94. The minimum atomic E-state index is -0.639. The number of hydrogen-bond acceptors (Lipinski definition) is 3. The van der Waals surface area contributed by atoms with Crippen LogP contribution in [0.5, 0.6) is 0 Å². The summed E-state index contributed by atoms with van der Waals surface area (Å²) >= 11 is 0. The molecule has 3 nitrogen and oxygen atoms in total. The number of ether oxygens (including phenoxy) is 1. The van der Waals surface area contributed by atoms with E-state index in [9.17, 15) is 4.79 Å². The maximum atomic E-state index is 9.70. The molecule has 1 saturated carbocycles. The summed E-state index contributed by atoms with van der Waals surface area (Å²) in [6, 6.07) is 0. The van der Waals surface area contributed by atoms with Crippen molar-refractivity contribution in [2.24, 2.45) is 5.73 Å². The number of nitrogens with two attached hydrogens (primary N) is 1. The molecule has 2 N–H and O–H groups in total. The number of carbonyl (C=O) groups excluding carboxylic acids is 1. The first-order valence-electron chi connectivity index (χ1n) is 4.77. The first-order valence-corrected chi connectivity index (χ1v) is 4.77. The Kier molecular flexibility index (Phi) is 5.91. The van der Waals surface area contributed by atoms with E-state index < -0.39 is 5.54 Å². The SMILES string of the molecule is CC(C)(N)C=O.COC1CCCC1. The second kappa shape index (κ2) is 6.11. The predicted octanol–water partition coefficient (Wildman–Crippen LogP) is 1.50. The normalized spacial score (nSPS) is 17.8. The van der Waals surface area contributed by atoms with Crippen molar-refractivity contribution in [3.05, 3.63) is 0 Å². The highest BCUT2D eigenvalue weighted by molar-refractivity contribution is 5.61. The fraction of sp³-hybridized carbons (Fsp3) is 0.900. The zero-order valence-electron chi connectivity index (χ0n) is 8.88. The molecule has 0 aromatic heterocycles. The first-order chi connectivity index (χ1) is 5.99. The molecule has 78 valence electrons. The fourth-order valence-electron chi connectivity index (χ4n) is 1.12. The first kappa shape index (κ1) is 12.6. The van der Waals surface area contributed by atoms with Crippen molar-refractivity contribution in [2.75, 3.05) is 7.11 Å². The minimum Gasteiger partial charge on any atom is -0.381 e. The van der Waals surface area contributed by atoms with E-state index in [1.165, 1.54) is 25.7 Å². The van der Waals surface area contributed by atoms with Gasteiger partial charge in [0.2, 0.25) is 0 Å². The van der Waals surface area contributed by atoms with Crippen LogP contribution >= 0.6 is 0 Å². The van der Waals surface area contributed by atoms with Crippen molar-refractivity contribution in [1.29, 1.82) is 0 Å². The van der Waals surface area contributed by atoms with Crippen molar-refractivity contribution in [3.63, 3.8) is 0 Å². The highest BCUT2D eigenvalue weighted by atomic mass is 16.5. The highest BCUT2D eigenvalue weighted by Crippen LogP contribution is 2.19. The lowest BCUT2D eigenvalue weighted by Crippen LogP contribution is -2.33. The summed E-state index contributed by atoms with van der Waals surface area (Å²) in [6.45, 7) is 3.31. The summed E-state index contributed by atoms with van der Waals surface area (Å²) in [5.74, 6) is 0. The van der Waals surface area contributed by atoms with Gasteiger partial charge in [-0.1, -0.05) is 12.8 Å². The van der Waals surface area contributed by atoms with Crippen LogP contribution < -0.4 is 5.73 Å². The van der Waals surface area contributed by atoms with Gasteiger partial charge >= 0.3 is 0 Å².